The number of aldehydes is 1. The molecule has 32 heavy (non-hydrogen) atoms. The Labute approximate surface area is 186 Å². The van der Waals surface area contributed by atoms with Crippen molar-refractivity contribution in [3.63, 3.8) is 0 Å². The highest BCUT2D eigenvalue weighted by Crippen LogP contribution is 2.50. The van der Waals surface area contributed by atoms with E-state index < -0.39 is 0 Å². The van der Waals surface area contributed by atoms with Crippen LogP contribution in [0, 0.1) is 5.41 Å². The van der Waals surface area contributed by atoms with Gasteiger partial charge >= 0.3 is 0 Å². The van der Waals surface area contributed by atoms with Crippen molar-refractivity contribution in [3.8, 4) is 28.5 Å². The zero-order chi connectivity index (χ0) is 22.0. The Balaban J connectivity index is 1.26. The molecule has 0 unspecified atom stereocenters. The van der Waals surface area contributed by atoms with E-state index in [1.165, 1.54) is 12.4 Å². The Hall–Kier alpha value is -3.87. The molecule has 0 bridgehead atoms. The van der Waals surface area contributed by atoms with Crippen molar-refractivity contribution in [2.75, 3.05) is 18.8 Å². The van der Waals surface area contributed by atoms with Crippen LogP contribution >= 0.6 is 0 Å². The number of nitrogens with zero attached hydrogens (tertiary/aromatic N) is 3. The molecule has 1 aliphatic carbocycles. The van der Waals surface area contributed by atoms with Crippen LogP contribution in [0.2, 0.25) is 0 Å². The highest BCUT2D eigenvalue weighted by molar-refractivity contribution is 5.78. The van der Waals surface area contributed by atoms with Gasteiger partial charge in [0, 0.05) is 24.7 Å². The van der Waals surface area contributed by atoms with Gasteiger partial charge in [0.25, 0.3) is 0 Å². The highest BCUT2D eigenvalue weighted by atomic mass is 16.5. The predicted octanol–water partition coefficient (Wildman–Crippen LogP) is 4.07. The largest absolute Gasteiger partial charge is 0.474 e. The van der Waals surface area contributed by atoms with Gasteiger partial charge in [-0.1, -0.05) is 30.3 Å². The van der Waals surface area contributed by atoms with Gasteiger partial charge in [0.1, 0.15) is 36.0 Å². The van der Waals surface area contributed by atoms with Gasteiger partial charge in [0.15, 0.2) is 0 Å². The molecular formula is C25H24N4O3. The summed E-state index contributed by atoms with van der Waals surface area (Å²) in [5, 5.41) is 0. The summed E-state index contributed by atoms with van der Waals surface area (Å²) in [6.07, 6.45) is 7.65. The smallest absolute Gasteiger partial charge is 0.226 e. The minimum Gasteiger partial charge on any atom is -0.474 e. The number of anilines is 1. The standard InChI is InChI=1S/C25H24N4O3/c26-23-22(18-7-9-20(10-8-18)31-19-5-2-1-3-6-19)24(28-17-27-23)32-21-13-25(14-21)15-29(16-25)11-4-12-30/h1-12,17,21H,13-16H2,(H2,26,27,28). The molecule has 2 aliphatic rings. The van der Waals surface area contributed by atoms with Crippen molar-refractivity contribution in [2.24, 2.45) is 5.41 Å². The van der Waals surface area contributed by atoms with Crippen molar-refractivity contribution < 1.29 is 14.3 Å². The van der Waals surface area contributed by atoms with Crippen LogP contribution in [-0.4, -0.2) is 40.3 Å². The third-order valence-electron chi connectivity index (χ3n) is 6.02. The second kappa shape index (κ2) is 8.34. The first-order valence-corrected chi connectivity index (χ1v) is 10.6. The van der Waals surface area contributed by atoms with Gasteiger partial charge in [-0.2, -0.15) is 0 Å². The van der Waals surface area contributed by atoms with Crippen molar-refractivity contribution in [3.05, 3.63) is 73.2 Å². The molecule has 0 atom stereocenters. The van der Waals surface area contributed by atoms with Gasteiger partial charge in [-0.15, -0.1) is 0 Å². The number of ether oxygens (including phenoxy) is 2. The van der Waals surface area contributed by atoms with E-state index >= 15 is 0 Å². The Morgan fingerprint density at radius 2 is 1.72 bits per heavy atom. The fraction of sp³-hybridized carbons (Fsp3) is 0.240. The van der Waals surface area contributed by atoms with E-state index in [2.05, 4.69) is 14.9 Å². The summed E-state index contributed by atoms with van der Waals surface area (Å²) >= 11 is 0. The average molecular weight is 428 g/mol. The van der Waals surface area contributed by atoms with Gasteiger partial charge < -0.3 is 20.1 Å². The topological polar surface area (TPSA) is 90.6 Å². The van der Waals surface area contributed by atoms with Crippen molar-refractivity contribution in [1.82, 2.24) is 14.9 Å². The van der Waals surface area contributed by atoms with E-state index in [0.717, 1.165) is 49.3 Å². The van der Waals surface area contributed by atoms with E-state index in [0.29, 0.717) is 17.3 Å². The lowest BCUT2D eigenvalue weighted by Crippen LogP contribution is -2.62. The van der Waals surface area contributed by atoms with Crippen LogP contribution in [0.1, 0.15) is 12.8 Å². The third-order valence-corrected chi connectivity index (χ3v) is 6.02. The van der Waals surface area contributed by atoms with Crippen LogP contribution < -0.4 is 15.2 Å². The van der Waals surface area contributed by atoms with Gasteiger partial charge in [0.2, 0.25) is 5.88 Å². The zero-order valence-corrected chi connectivity index (χ0v) is 17.6. The van der Waals surface area contributed by atoms with Crippen LogP contribution in [0.3, 0.4) is 0 Å². The molecule has 0 amide bonds. The van der Waals surface area contributed by atoms with Crippen LogP contribution in [-0.2, 0) is 4.79 Å². The normalized spacial score (nSPS) is 17.1. The van der Waals surface area contributed by atoms with E-state index in [-0.39, 0.29) is 11.5 Å². The molecule has 2 heterocycles. The molecule has 7 heteroatoms. The summed E-state index contributed by atoms with van der Waals surface area (Å²) in [6, 6.07) is 17.3. The molecule has 7 nitrogen and oxygen atoms in total. The first kappa shape index (κ1) is 20.1. The molecule has 3 aromatic rings. The number of hydrogen-bond donors (Lipinski definition) is 1. The lowest BCUT2D eigenvalue weighted by Gasteiger charge is -2.58. The van der Waals surface area contributed by atoms with Crippen LogP contribution in [0.5, 0.6) is 17.4 Å². The Morgan fingerprint density at radius 1 is 1.00 bits per heavy atom. The molecule has 1 spiro atoms. The summed E-state index contributed by atoms with van der Waals surface area (Å²) in [7, 11) is 0. The van der Waals surface area contributed by atoms with Crippen LogP contribution in [0.25, 0.3) is 11.1 Å². The van der Waals surface area contributed by atoms with Crippen LogP contribution in [0.4, 0.5) is 5.82 Å². The summed E-state index contributed by atoms with van der Waals surface area (Å²) in [5.74, 6) is 2.40. The van der Waals surface area contributed by atoms with E-state index in [9.17, 15) is 4.79 Å². The van der Waals surface area contributed by atoms with Gasteiger partial charge in [0.05, 0.1) is 5.56 Å². The van der Waals surface area contributed by atoms with Crippen molar-refractivity contribution in [2.45, 2.75) is 18.9 Å². The summed E-state index contributed by atoms with van der Waals surface area (Å²) in [6.45, 7) is 1.91. The number of carbonyl (C=O) groups excluding carboxylic acids is 1. The van der Waals surface area contributed by atoms with Gasteiger partial charge in [-0.25, -0.2) is 9.97 Å². The first-order chi connectivity index (χ1) is 15.6. The third kappa shape index (κ3) is 4.01. The number of rotatable bonds is 7. The maximum atomic E-state index is 10.5. The molecule has 1 aromatic heterocycles. The Kier molecular flexibility index (Phi) is 5.23. The molecule has 2 fully saturated rings. The number of carbonyl (C=O) groups is 1. The monoisotopic (exact) mass is 428 g/mol. The zero-order valence-electron chi connectivity index (χ0n) is 17.6. The summed E-state index contributed by atoms with van der Waals surface area (Å²) < 4.78 is 12.1. The lowest BCUT2D eigenvalue weighted by atomic mass is 9.62. The fourth-order valence-electron chi connectivity index (χ4n) is 4.54. The minimum atomic E-state index is 0.0981. The second-order valence-electron chi connectivity index (χ2n) is 8.41. The minimum absolute atomic E-state index is 0.0981. The first-order valence-electron chi connectivity index (χ1n) is 10.6. The van der Waals surface area contributed by atoms with E-state index in [1.807, 2.05) is 60.8 Å². The summed E-state index contributed by atoms with van der Waals surface area (Å²) in [4.78, 5) is 21.1. The number of benzene rings is 2. The number of allylic oxidation sites excluding steroid dienone is 1. The maximum Gasteiger partial charge on any atom is 0.226 e. The molecule has 2 N–H and O–H groups in total. The number of nitrogen functional groups attached to an aromatic ring is 1. The van der Waals surface area contributed by atoms with Gasteiger partial charge in [-0.3, -0.25) is 4.79 Å². The SMILES string of the molecule is Nc1ncnc(OC2CC3(C2)CN(C=CC=O)C3)c1-c1ccc(Oc2ccccc2)cc1. The molecule has 1 aliphatic heterocycles. The van der Waals surface area contributed by atoms with Gasteiger partial charge in [-0.05, 0) is 48.7 Å². The molecule has 1 saturated carbocycles. The second-order valence-corrected chi connectivity index (χ2v) is 8.41. The molecule has 0 radical (unpaired) electrons. The van der Waals surface area contributed by atoms with E-state index in [4.69, 9.17) is 15.2 Å². The van der Waals surface area contributed by atoms with Crippen molar-refractivity contribution in [1.29, 1.82) is 0 Å². The Bertz CT molecular complexity index is 1120. The quantitative estimate of drug-likeness (QED) is 0.448. The number of para-hydroxylation sites is 1. The lowest BCUT2D eigenvalue weighted by molar-refractivity contribution is -0.106. The molecule has 162 valence electrons. The number of nitrogens with two attached hydrogens (primary N) is 1. The van der Waals surface area contributed by atoms with E-state index in [1.54, 1.807) is 0 Å². The molecule has 2 aromatic carbocycles. The summed E-state index contributed by atoms with van der Waals surface area (Å²) in [5.41, 5.74) is 8.06. The highest BCUT2D eigenvalue weighted by Gasteiger charge is 2.53. The Morgan fingerprint density at radius 3 is 2.44 bits per heavy atom. The molecule has 1 saturated heterocycles. The maximum absolute atomic E-state index is 10.5. The predicted molar refractivity (Wildman–Crippen MR) is 121 cm³/mol. The number of hydrogen-bond acceptors (Lipinski definition) is 7. The number of aromatic nitrogens is 2. The van der Waals surface area contributed by atoms with Crippen LogP contribution in [0.15, 0.2) is 73.2 Å². The molecule has 5 rings (SSSR count). The fourth-order valence-corrected chi connectivity index (χ4v) is 4.54. The molecular weight excluding hydrogens is 404 g/mol. The van der Waals surface area contributed by atoms with Crippen molar-refractivity contribution >= 4 is 12.1 Å². The average Bonchev–Trinajstić information content (AvgIpc) is 2.75. The number of likely N-dealkylation sites (tertiary alicyclic amines) is 1.